The van der Waals surface area contributed by atoms with Crippen molar-refractivity contribution in [1.82, 2.24) is 28.6 Å². The van der Waals surface area contributed by atoms with Gasteiger partial charge in [-0.05, 0) is 25.8 Å². The summed E-state index contributed by atoms with van der Waals surface area (Å²) in [6.45, 7) is 3.73. The van der Waals surface area contributed by atoms with Gasteiger partial charge in [-0.1, -0.05) is 11.3 Å². The zero-order valence-electron chi connectivity index (χ0n) is 19.9. The lowest BCUT2D eigenvalue weighted by atomic mass is 10.3. The number of imidazole rings is 1. The number of fused-ring (bicyclic) bond motifs is 1. The first-order valence-corrected chi connectivity index (χ1v) is 15.4. The van der Waals surface area contributed by atoms with Crippen LogP contribution in [0.5, 0.6) is 0 Å². The van der Waals surface area contributed by atoms with Gasteiger partial charge in [-0.25, -0.2) is 39.8 Å². The van der Waals surface area contributed by atoms with Crippen LogP contribution in [0.1, 0.15) is 31.2 Å². The number of piperazine rings is 1. The van der Waals surface area contributed by atoms with E-state index in [1.807, 2.05) is 11.8 Å². The van der Waals surface area contributed by atoms with Crippen molar-refractivity contribution in [2.45, 2.75) is 36.6 Å². The normalized spacial score (nSPS) is 20.1. The molecule has 0 radical (unpaired) electrons. The third kappa shape index (κ3) is 4.71. The SMILES string of the molecule is CN=S(C)(=O)N1CCN(c2cc(S(=O)(=O)NC3(C)CC3)cn3c(-c4nnc(C(F)F)s4)cnc23)CC1. The maximum atomic E-state index is 13.3. The fraction of sp³-hybridized carbons (Fsp3) is 0.550. The fourth-order valence-corrected chi connectivity index (χ4v) is 7.32. The molecular formula is C20H26F2N8O3S3. The average Bonchev–Trinajstić information content (AvgIpc) is 3.22. The van der Waals surface area contributed by atoms with Gasteiger partial charge in [-0.15, -0.1) is 10.2 Å². The van der Waals surface area contributed by atoms with Gasteiger partial charge in [0.05, 0.1) is 11.9 Å². The lowest BCUT2D eigenvalue weighted by Crippen LogP contribution is -2.48. The van der Waals surface area contributed by atoms with E-state index in [1.165, 1.54) is 19.4 Å². The number of anilines is 1. The van der Waals surface area contributed by atoms with E-state index in [0.717, 1.165) is 24.2 Å². The van der Waals surface area contributed by atoms with Gasteiger partial charge in [0.2, 0.25) is 10.0 Å². The van der Waals surface area contributed by atoms with Crippen LogP contribution in [0.15, 0.2) is 27.7 Å². The molecule has 16 heteroatoms. The summed E-state index contributed by atoms with van der Waals surface area (Å²) in [6, 6.07) is 1.58. The molecule has 2 fully saturated rings. The van der Waals surface area contributed by atoms with Crippen LogP contribution in [0.3, 0.4) is 0 Å². The topological polar surface area (TPSA) is 125 Å². The van der Waals surface area contributed by atoms with Gasteiger partial charge < -0.3 is 4.90 Å². The minimum atomic E-state index is -3.88. The zero-order chi connectivity index (χ0) is 25.9. The second-order valence-electron chi connectivity index (χ2n) is 9.17. The Morgan fingerprint density at radius 1 is 1.17 bits per heavy atom. The molecule has 1 aliphatic carbocycles. The Bertz CT molecular complexity index is 1530. The molecule has 1 unspecified atom stereocenters. The van der Waals surface area contributed by atoms with Crippen LogP contribution in [0.2, 0.25) is 0 Å². The van der Waals surface area contributed by atoms with Crippen molar-refractivity contribution in [2.75, 3.05) is 44.4 Å². The first kappa shape index (κ1) is 25.4. The molecule has 3 aromatic heterocycles. The highest BCUT2D eigenvalue weighted by Gasteiger charge is 2.41. The highest BCUT2D eigenvalue weighted by atomic mass is 32.2. The summed E-state index contributed by atoms with van der Waals surface area (Å²) >= 11 is 0.733. The van der Waals surface area contributed by atoms with Crippen LogP contribution < -0.4 is 9.62 Å². The number of hydrogen-bond acceptors (Lipinski definition) is 9. The lowest BCUT2D eigenvalue weighted by molar-refractivity contribution is 0.150. The molecule has 1 saturated carbocycles. The van der Waals surface area contributed by atoms with Crippen molar-refractivity contribution in [1.29, 1.82) is 0 Å². The number of rotatable bonds is 7. The quantitative estimate of drug-likeness (QED) is 0.470. The first-order chi connectivity index (χ1) is 16.9. The Kier molecular flexibility index (Phi) is 6.30. The van der Waals surface area contributed by atoms with E-state index in [4.69, 9.17) is 0 Å². The van der Waals surface area contributed by atoms with Crippen molar-refractivity contribution in [3.8, 4) is 10.7 Å². The molecule has 4 heterocycles. The monoisotopic (exact) mass is 560 g/mol. The second-order valence-corrected chi connectivity index (χ2v) is 14.3. The van der Waals surface area contributed by atoms with Crippen molar-refractivity contribution in [3.05, 3.63) is 23.5 Å². The van der Waals surface area contributed by atoms with Crippen molar-refractivity contribution >= 4 is 42.6 Å². The standard InChI is InChI=1S/C20H26F2N8O3S3/c1-20(4-5-20)27-36(32,33)13-10-14(28-6-8-29(9-7-28)35(3,31)23-2)17-24-11-15(30(17)12-13)18-25-26-19(34-18)16(21)22/h10-12,16,27H,4-9H2,1-3H3. The molecule has 0 spiro atoms. The fourth-order valence-electron chi connectivity index (χ4n) is 4.07. The minimum absolute atomic E-state index is 0.0289. The maximum Gasteiger partial charge on any atom is 0.291 e. The summed E-state index contributed by atoms with van der Waals surface area (Å²) in [6.07, 6.45) is 3.24. The molecule has 196 valence electrons. The minimum Gasteiger partial charge on any atom is -0.366 e. The predicted molar refractivity (Wildman–Crippen MR) is 133 cm³/mol. The van der Waals surface area contributed by atoms with Crippen molar-refractivity contribution in [2.24, 2.45) is 4.36 Å². The Hall–Kier alpha value is -2.27. The third-order valence-electron chi connectivity index (χ3n) is 6.50. The average molecular weight is 561 g/mol. The van der Waals surface area contributed by atoms with E-state index in [0.29, 0.717) is 43.2 Å². The van der Waals surface area contributed by atoms with Crippen molar-refractivity contribution < 1.29 is 21.4 Å². The molecule has 11 nitrogen and oxygen atoms in total. The maximum absolute atomic E-state index is 13.3. The van der Waals surface area contributed by atoms with Gasteiger partial charge in [-0.3, -0.25) is 4.40 Å². The Morgan fingerprint density at radius 2 is 1.86 bits per heavy atom. The molecule has 5 rings (SSSR count). The number of hydrogen-bond donors (Lipinski definition) is 1. The molecule has 0 aromatic carbocycles. The molecule has 1 atom stereocenters. The Labute approximate surface area is 211 Å². The molecule has 0 bridgehead atoms. The summed E-state index contributed by atoms with van der Waals surface area (Å²) in [5.74, 6) is 0. The number of alkyl halides is 2. The number of pyridine rings is 1. The molecular weight excluding hydrogens is 534 g/mol. The molecule has 0 amide bonds. The van der Waals surface area contributed by atoms with Crippen LogP contribution in [-0.2, 0) is 19.9 Å². The van der Waals surface area contributed by atoms with E-state index in [2.05, 4.69) is 24.3 Å². The van der Waals surface area contributed by atoms with E-state index in [-0.39, 0.29) is 9.90 Å². The van der Waals surface area contributed by atoms with Crippen LogP contribution in [0, 0.1) is 0 Å². The number of sulfonamides is 1. The number of nitrogens with zero attached hydrogens (tertiary/aromatic N) is 7. The van der Waals surface area contributed by atoms with E-state index >= 15 is 0 Å². The van der Waals surface area contributed by atoms with Gasteiger partial charge in [0, 0.05) is 51.2 Å². The summed E-state index contributed by atoms with van der Waals surface area (Å²) in [7, 11) is -4.82. The second kappa shape index (κ2) is 8.93. The number of nitrogens with one attached hydrogen (secondary N) is 1. The summed E-state index contributed by atoms with van der Waals surface area (Å²) < 4.78 is 75.7. The van der Waals surface area contributed by atoms with Crippen molar-refractivity contribution in [3.63, 3.8) is 0 Å². The summed E-state index contributed by atoms with van der Waals surface area (Å²) in [4.78, 5) is 6.50. The summed E-state index contributed by atoms with van der Waals surface area (Å²) in [5, 5.41) is 7.22. The van der Waals surface area contributed by atoms with Crippen LogP contribution in [0.4, 0.5) is 14.5 Å². The lowest BCUT2D eigenvalue weighted by Gasteiger charge is -2.36. The molecule has 3 aromatic rings. The zero-order valence-corrected chi connectivity index (χ0v) is 22.3. The first-order valence-electron chi connectivity index (χ1n) is 11.2. The Balaban J connectivity index is 1.59. The van der Waals surface area contributed by atoms with Gasteiger partial charge in [0.1, 0.15) is 20.5 Å². The molecule has 1 aliphatic heterocycles. The Morgan fingerprint density at radius 3 is 2.44 bits per heavy atom. The molecule has 36 heavy (non-hydrogen) atoms. The van der Waals surface area contributed by atoms with Crippen LogP contribution in [0.25, 0.3) is 16.3 Å². The third-order valence-corrected chi connectivity index (χ3v) is 11.1. The van der Waals surface area contributed by atoms with Gasteiger partial charge in [0.25, 0.3) is 6.43 Å². The largest absolute Gasteiger partial charge is 0.366 e. The van der Waals surface area contributed by atoms with E-state index < -0.39 is 36.9 Å². The van der Waals surface area contributed by atoms with Gasteiger partial charge in [0.15, 0.2) is 15.7 Å². The molecule has 1 saturated heterocycles. The van der Waals surface area contributed by atoms with Gasteiger partial charge >= 0.3 is 0 Å². The highest BCUT2D eigenvalue weighted by molar-refractivity contribution is 7.90. The number of halogens is 2. The van der Waals surface area contributed by atoms with E-state index in [1.54, 1.807) is 21.0 Å². The van der Waals surface area contributed by atoms with Crippen LogP contribution in [-0.4, -0.2) is 81.5 Å². The van der Waals surface area contributed by atoms with Gasteiger partial charge in [-0.2, -0.15) is 0 Å². The van der Waals surface area contributed by atoms with Crippen LogP contribution >= 0.6 is 11.3 Å². The van der Waals surface area contributed by atoms with E-state index in [9.17, 15) is 21.4 Å². The number of aromatic nitrogens is 4. The highest BCUT2D eigenvalue weighted by Crippen LogP contribution is 2.37. The summed E-state index contributed by atoms with van der Waals surface area (Å²) in [5.41, 5.74) is 0.916. The molecule has 1 N–H and O–H groups in total. The molecule has 2 aliphatic rings. The smallest absolute Gasteiger partial charge is 0.291 e. The predicted octanol–water partition coefficient (Wildman–Crippen LogP) is 2.39.